The van der Waals surface area contributed by atoms with Crippen LogP contribution in [-0.4, -0.2) is 59.6 Å². The Morgan fingerprint density at radius 2 is 1.32 bits per heavy atom. The van der Waals surface area contributed by atoms with Gasteiger partial charge in [0, 0.05) is 20.9 Å². The Kier molecular flexibility index (Phi) is 14.4. The lowest BCUT2D eigenvalue weighted by molar-refractivity contribution is -0.147. The summed E-state index contributed by atoms with van der Waals surface area (Å²) in [7, 11) is -1.83. The van der Waals surface area contributed by atoms with Gasteiger partial charge in [-0.3, -0.25) is 0 Å². The molecule has 0 radical (unpaired) electrons. The Balaban J connectivity index is 1.63. The summed E-state index contributed by atoms with van der Waals surface area (Å²) < 4.78 is 31.7. The van der Waals surface area contributed by atoms with Gasteiger partial charge in [0.2, 0.25) is 0 Å². The van der Waals surface area contributed by atoms with Crippen molar-refractivity contribution in [3.8, 4) is 16.9 Å². The molecular formula is C43H51FN2O9Si. The lowest BCUT2D eigenvalue weighted by Gasteiger charge is -2.33. The minimum Gasteiger partial charge on any atom is -0.508 e. The third-order valence-electron chi connectivity index (χ3n) is 8.84. The molecule has 56 heavy (non-hydrogen) atoms. The minimum atomic E-state index is -1.83. The van der Waals surface area contributed by atoms with E-state index >= 15 is 4.39 Å². The van der Waals surface area contributed by atoms with Crippen molar-refractivity contribution in [2.75, 3.05) is 0 Å². The van der Waals surface area contributed by atoms with Crippen molar-refractivity contribution >= 4 is 32.2 Å². The van der Waals surface area contributed by atoms with Gasteiger partial charge in [-0.25, -0.2) is 23.6 Å². The highest BCUT2D eigenvalue weighted by atomic mass is 28.3. The first-order valence-electron chi connectivity index (χ1n) is 18.4. The Morgan fingerprint density at radius 1 is 0.768 bits per heavy atom. The SMILES string of the molecule is CC(C)(C)OC(=O)N[C@@H](Cc1cc(-c2ccc(O)c(C[C@@](CC[Si](C)(C)C)(NC(=O)OCc3ccccc3)C(=O)O)c2)ccc1F)C(=O)OCc1ccccc1. The number of phenols is 1. The largest absolute Gasteiger partial charge is 0.508 e. The maximum absolute atomic E-state index is 15.4. The molecule has 0 aliphatic heterocycles. The molecule has 0 aromatic heterocycles. The van der Waals surface area contributed by atoms with E-state index in [4.69, 9.17) is 14.2 Å². The van der Waals surface area contributed by atoms with Gasteiger partial charge in [-0.15, -0.1) is 0 Å². The van der Waals surface area contributed by atoms with E-state index in [0.717, 1.165) is 11.1 Å². The van der Waals surface area contributed by atoms with E-state index < -0.39 is 55.2 Å². The maximum Gasteiger partial charge on any atom is 0.408 e. The average molecular weight is 787 g/mol. The molecule has 0 aliphatic rings. The number of benzene rings is 4. The van der Waals surface area contributed by atoms with Crippen LogP contribution in [0.25, 0.3) is 11.1 Å². The van der Waals surface area contributed by atoms with Gasteiger partial charge in [0.25, 0.3) is 0 Å². The number of rotatable bonds is 16. The van der Waals surface area contributed by atoms with Gasteiger partial charge in [0.15, 0.2) is 0 Å². The highest BCUT2D eigenvalue weighted by Crippen LogP contribution is 2.33. The molecule has 0 bridgehead atoms. The van der Waals surface area contributed by atoms with Crippen molar-refractivity contribution in [3.05, 3.63) is 125 Å². The molecule has 0 spiro atoms. The van der Waals surface area contributed by atoms with Crippen molar-refractivity contribution in [1.82, 2.24) is 10.6 Å². The molecule has 2 amide bonds. The number of aromatic hydroxyl groups is 1. The molecule has 4 rings (SSSR count). The quantitative estimate of drug-likeness (QED) is 0.0497. The van der Waals surface area contributed by atoms with Crippen molar-refractivity contribution in [2.24, 2.45) is 0 Å². The first-order valence-corrected chi connectivity index (χ1v) is 22.1. The van der Waals surface area contributed by atoms with Crippen LogP contribution in [0.2, 0.25) is 25.7 Å². The lowest BCUT2D eigenvalue weighted by Crippen LogP contribution is -2.57. The van der Waals surface area contributed by atoms with Crippen molar-refractivity contribution in [3.63, 3.8) is 0 Å². The number of aliphatic carboxylic acids is 1. The normalized spacial score (nSPS) is 13.1. The van der Waals surface area contributed by atoms with Crippen LogP contribution in [0.15, 0.2) is 97.1 Å². The molecule has 0 saturated heterocycles. The van der Waals surface area contributed by atoms with Gasteiger partial charge in [0.1, 0.15) is 42.0 Å². The van der Waals surface area contributed by atoms with E-state index in [-0.39, 0.29) is 49.4 Å². The smallest absolute Gasteiger partial charge is 0.408 e. The second-order valence-corrected chi connectivity index (χ2v) is 21.6. The van der Waals surface area contributed by atoms with Gasteiger partial charge < -0.3 is 35.1 Å². The summed E-state index contributed by atoms with van der Waals surface area (Å²) in [5.74, 6) is -2.93. The summed E-state index contributed by atoms with van der Waals surface area (Å²) in [6, 6.07) is 26.0. The van der Waals surface area contributed by atoms with E-state index in [9.17, 15) is 29.4 Å². The summed E-state index contributed by atoms with van der Waals surface area (Å²) in [5, 5.41) is 26.8. The van der Waals surface area contributed by atoms with Gasteiger partial charge >= 0.3 is 24.1 Å². The number of esters is 1. The Bertz CT molecular complexity index is 1980. The summed E-state index contributed by atoms with van der Waals surface area (Å²) in [6.45, 7) is 11.2. The first kappa shape index (κ1) is 43.0. The second-order valence-electron chi connectivity index (χ2n) is 16.0. The van der Waals surface area contributed by atoms with Crippen molar-refractivity contribution < 1.29 is 48.0 Å². The molecule has 0 heterocycles. The van der Waals surface area contributed by atoms with Gasteiger partial charge in [-0.05, 0) is 84.8 Å². The summed E-state index contributed by atoms with van der Waals surface area (Å²) in [4.78, 5) is 52.3. The monoisotopic (exact) mass is 786 g/mol. The van der Waals surface area contributed by atoms with Crippen LogP contribution in [0.4, 0.5) is 14.0 Å². The number of phenolic OH excluding ortho intramolecular Hbond substituents is 1. The molecular weight excluding hydrogens is 736 g/mol. The topological polar surface area (TPSA) is 160 Å². The molecule has 2 atom stereocenters. The first-order chi connectivity index (χ1) is 26.3. The zero-order chi connectivity index (χ0) is 41.1. The fourth-order valence-electron chi connectivity index (χ4n) is 5.81. The van der Waals surface area contributed by atoms with Crippen LogP contribution < -0.4 is 10.6 Å². The highest BCUT2D eigenvalue weighted by molar-refractivity contribution is 6.76. The van der Waals surface area contributed by atoms with E-state index in [1.54, 1.807) is 81.4 Å². The summed E-state index contributed by atoms with van der Waals surface area (Å²) >= 11 is 0. The number of carboxylic acid groups (broad SMARTS) is 1. The molecule has 4 aromatic rings. The zero-order valence-corrected chi connectivity index (χ0v) is 33.7. The molecule has 298 valence electrons. The van der Waals surface area contributed by atoms with Gasteiger partial charge in [-0.2, -0.15) is 0 Å². The fourth-order valence-corrected chi connectivity index (χ4v) is 6.99. The van der Waals surface area contributed by atoms with Crippen molar-refractivity contribution in [1.29, 1.82) is 0 Å². The van der Waals surface area contributed by atoms with Crippen LogP contribution >= 0.6 is 0 Å². The van der Waals surface area contributed by atoms with Gasteiger partial charge in [-0.1, -0.05) is 98.5 Å². The zero-order valence-electron chi connectivity index (χ0n) is 32.7. The lowest BCUT2D eigenvalue weighted by atomic mass is 9.86. The van der Waals surface area contributed by atoms with Crippen LogP contribution in [0, 0.1) is 5.82 Å². The highest BCUT2D eigenvalue weighted by Gasteiger charge is 2.42. The number of alkyl carbamates (subject to hydrolysis) is 2. The van der Waals surface area contributed by atoms with E-state index in [1.165, 1.54) is 24.3 Å². The molecule has 0 saturated carbocycles. The number of carbonyl (C=O) groups excluding carboxylic acids is 3. The predicted octanol–water partition coefficient (Wildman–Crippen LogP) is 8.40. The van der Waals surface area contributed by atoms with Gasteiger partial charge in [0.05, 0.1) is 0 Å². The van der Waals surface area contributed by atoms with Crippen LogP contribution in [0.5, 0.6) is 5.75 Å². The van der Waals surface area contributed by atoms with Crippen LogP contribution in [0.3, 0.4) is 0 Å². The maximum atomic E-state index is 15.4. The number of ether oxygens (including phenoxy) is 3. The average Bonchev–Trinajstić information content (AvgIpc) is 3.13. The predicted molar refractivity (Wildman–Crippen MR) is 213 cm³/mol. The van der Waals surface area contributed by atoms with E-state index in [2.05, 4.69) is 30.3 Å². The summed E-state index contributed by atoms with van der Waals surface area (Å²) in [6.07, 6.45) is -2.29. The molecule has 11 nitrogen and oxygen atoms in total. The summed E-state index contributed by atoms with van der Waals surface area (Å²) in [5.41, 5.74) is 0.0311. The number of carboxylic acids is 1. The van der Waals surface area contributed by atoms with Crippen LogP contribution in [0.1, 0.15) is 49.4 Å². The Morgan fingerprint density at radius 3 is 1.88 bits per heavy atom. The molecule has 0 unspecified atom stereocenters. The third kappa shape index (κ3) is 13.3. The third-order valence-corrected chi connectivity index (χ3v) is 10.6. The number of halogens is 1. The molecule has 0 aliphatic carbocycles. The second kappa shape index (κ2) is 18.8. The Hall–Kier alpha value is -5.69. The van der Waals surface area contributed by atoms with Crippen molar-refractivity contribution in [2.45, 2.75) is 96.1 Å². The Labute approximate surface area is 328 Å². The fraction of sp³-hybridized carbons (Fsp3) is 0.349. The molecule has 0 fully saturated rings. The number of carbonyl (C=O) groups is 4. The molecule has 13 heteroatoms. The number of hydrogen-bond acceptors (Lipinski definition) is 8. The number of hydrogen-bond donors (Lipinski definition) is 4. The standard InChI is InChI=1S/C43H51FN2O9Si/c1-42(2,3)55-40(51)45-36(38(48)53-27-29-13-9-7-10-14-29)25-33-23-31(17-19-35(33)44)32-18-20-37(47)34(24-32)26-43(39(49)50,21-22-56(4,5)6)46-41(52)54-28-30-15-11-8-12-16-30/h7-20,23-24,36,47H,21-22,25-28H2,1-6H3,(H,45,51)(H,46,52)(H,49,50)/t36-,43+/m0/s1. The molecule has 4 aromatic carbocycles. The number of nitrogens with one attached hydrogen (secondary N) is 2. The minimum absolute atomic E-state index is 0.0665. The van der Waals surface area contributed by atoms with E-state index in [0.29, 0.717) is 17.2 Å². The van der Waals surface area contributed by atoms with Crippen LogP contribution in [-0.2, 0) is 49.9 Å². The van der Waals surface area contributed by atoms with E-state index in [1.807, 2.05) is 12.1 Å². The number of amides is 2. The molecule has 4 N–H and O–H groups in total.